The molecule has 20 heavy (non-hydrogen) atoms. The van der Waals surface area contributed by atoms with Crippen molar-refractivity contribution in [2.45, 2.75) is 32.2 Å². The van der Waals surface area contributed by atoms with Crippen molar-refractivity contribution in [2.75, 3.05) is 13.7 Å². The van der Waals surface area contributed by atoms with Gasteiger partial charge in [-0.1, -0.05) is 0 Å². The first-order valence-corrected chi connectivity index (χ1v) is 6.71. The number of hydrogen-bond acceptors (Lipinski definition) is 4. The summed E-state index contributed by atoms with van der Waals surface area (Å²) in [6, 6.07) is 5.38. The Morgan fingerprint density at radius 1 is 1.30 bits per heavy atom. The van der Waals surface area contributed by atoms with Crippen molar-refractivity contribution in [1.82, 2.24) is 5.32 Å². The minimum Gasteiger partial charge on any atom is -0.493 e. The lowest BCUT2D eigenvalue weighted by Crippen LogP contribution is -2.26. The highest BCUT2D eigenvalue weighted by atomic mass is 16.5. The van der Waals surface area contributed by atoms with Crippen molar-refractivity contribution in [3.63, 3.8) is 0 Å². The molecule has 1 N–H and O–H groups in total. The van der Waals surface area contributed by atoms with Crippen LogP contribution in [-0.4, -0.2) is 31.4 Å². The summed E-state index contributed by atoms with van der Waals surface area (Å²) >= 11 is 0. The predicted octanol–water partition coefficient (Wildman–Crippen LogP) is 1.95. The molecule has 0 bridgehead atoms. The van der Waals surface area contributed by atoms with Crippen LogP contribution in [0.3, 0.4) is 0 Å². The van der Waals surface area contributed by atoms with E-state index in [1.54, 1.807) is 18.2 Å². The van der Waals surface area contributed by atoms with Gasteiger partial charge in [-0.05, 0) is 38.0 Å². The number of amides is 1. The molecule has 0 unspecified atom stereocenters. The largest absolute Gasteiger partial charge is 0.493 e. The molecular weight excluding hydrogens is 258 g/mol. The third-order valence-electron chi connectivity index (χ3n) is 3.10. The molecule has 1 amide bonds. The molecule has 0 saturated heterocycles. The number of benzene rings is 1. The van der Waals surface area contributed by atoms with Crippen LogP contribution in [0.5, 0.6) is 11.5 Å². The van der Waals surface area contributed by atoms with E-state index in [9.17, 15) is 9.59 Å². The summed E-state index contributed by atoms with van der Waals surface area (Å²) in [6.07, 6.45) is 2.47. The van der Waals surface area contributed by atoms with Crippen molar-refractivity contribution >= 4 is 11.7 Å². The second-order valence-electron chi connectivity index (χ2n) is 4.86. The summed E-state index contributed by atoms with van der Waals surface area (Å²) in [5.74, 6) is 1.02. The minimum atomic E-state index is -0.0290. The molecule has 2 rings (SSSR count). The highest BCUT2D eigenvalue weighted by molar-refractivity contribution is 5.94. The summed E-state index contributed by atoms with van der Waals surface area (Å²) in [5.41, 5.74) is 0.570. The second-order valence-corrected chi connectivity index (χ2v) is 4.86. The SMILES string of the molecule is COc1cc(C(C)=O)ccc1OCCC(=O)NC1CC1. The number of nitrogens with one attached hydrogen (secondary N) is 1. The van der Waals surface area contributed by atoms with E-state index in [0.717, 1.165) is 12.8 Å². The molecule has 0 heterocycles. The van der Waals surface area contributed by atoms with Crippen LogP contribution in [0.4, 0.5) is 0 Å². The first-order valence-electron chi connectivity index (χ1n) is 6.71. The topological polar surface area (TPSA) is 64.6 Å². The fraction of sp³-hybridized carbons (Fsp3) is 0.467. The Labute approximate surface area is 118 Å². The van der Waals surface area contributed by atoms with Crippen LogP contribution in [0.1, 0.15) is 36.5 Å². The molecule has 0 aliphatic heterocycles. The zero-order valence-electron chi connectivity index (χ0n) is 11.8. The van der Waals surface area contributed by atoms with Crippen LogP contribution >= 0.6 is 0 Å². The fourth-order valence-electron chi connectivity index (χ4n) is 1.79. The Bertz CT molecular complexity index is 509. The summed E-state index contributed by atoms with van der Waals surface area (Å²) < 4.78 is 10.7. The van der Waals surface area contributed by atoms with Crippen LogP contribution in [0.25, 0.3) is 0 Å². The zero-order chi connectivity index (χ0) is 14.5. The van der Waals surface area contributed by atoms with Gasteiger partial charge >= 0.3 is 0 Å². The number of rotatable bonds is 7. The number of methoxy groups -OCH3 is 1. The van der Waals surface area contributed by atoms with Crippen molar-refractivity contribution < 1.29 is 19.1 Å². The Hall–Kier alpha value is -2.04. The van der Waals surface area contributed by atoms with Crippen LogP contribution < -0.4 is 14.8 Å². The Kier molecular flexibility index (Phi) is 4.61. The van der Waals surface area contributed by atoms with Gasteiger partial charge in [-0.15, -0.1) is 0 Å². The first-order chi connectivity index (χ1) is 9.60. The van der Waals surface area contributed by atoms with Crippen molar-refractivity contribution in [3.05, 3.63) is 23.8 Å². The van der Waals surface area contributed by atoms with Gasteiger partial charge in [-0.3, -0.25) is 9.59 Å². The van der Waals surface area contributed by atoms with Gasteiger partial charge in [0.2, 0.25) is 5.91 Å². The van der Waals surface area contributed by atoms with Gasteiger partial charge in [0, 0.05) is 11.6 Å². The second kappa shape index (κ2) is 6.41. The van der Waals surface area contributed by atoms with E-state index in [1.807, 2.05) is 0 Å². The van der Waals surface area contributed by atoms with Crippen LogP contribution in [-0.2, 0) is 4.79 Å². The van der Waals surface area contributed by atoms with E-state index in [4.69, 9.17) is 9.47 Å². The monoisotopic (exact) mass is 277 g/mol. The highest BCUT2D eigenvalue weighted by Gasteiger charge is 2.22. The Morgan fingerprint density at radius 2 is 2.05 bits per heavy atom. The lowest BCUT2D eigenvalue weighted by atomic mass is 10.1. The van der Waals surface area contributed by atoms with Gasteiger partial charge in [0.15, 0.2) is 17.3 Å². The normalized spacial score (nSPS) is 13.7. The summed E-state index contributed by atoms with van der Waals surface area (Å²) in [6.45, 7) is 1.78. The number of ketones is 1. The fourth-order valence-corrected chi connectivity index (χ4v) is 1.79. The number of ether oxygens (including phenoxy) is 2. The average molecular weight is 277 g/mol. The average Bonchev–Trinajstić information content (AvgIpc) is 3.22. The van der Waals surface area contributed by atoms with E-state index in [-0.39, 0.29) is 18.3 Å². The molecule has 108 valence electrons. The van der Waals surface area contributed by atoms with E-state index in [2.05, 4.69) is 5.32 Å². The molecule has 0 atom stereocenters. The molecule has 5 nitrogen and oxygen atoms in total. The summed E-state index contributed by atoms with van der Waals surface area (Å²) in [4.78, 5) is 22.8. The van der Waals surface area contributed by atoms with Gasteiger partial charge in [-0.25, -0.2) is 0 Å². The third-order valence-corrected chi connectivity index (χ3v) is 3.10. The molecule has 1 aliphatic carbocycles. The Balaban J connectivity index is 1.87. The molecule has 0 spiro atoms. The number of carbonyl (C=O) groups excluding carboxylic acids is 2. The lowest BCUT2D eigenvalue weighted by Gasteiger charge is -2.11. The van der Waals surface area contributed by atoms with Gasteiger partial charge < -0.3 is 14.8 Å². The molecule has 1 fully saturated rings. The van der Waals surface area contributed by atoms with Gasteiger partial charge in [-0.2, -0.15) is 0 Å². The minimum absolute atomic E-state index is 0.00632. The lowest BCUT2D eigenvalue weighted by molar-refractivity contribution is -0.121. The highest BCUT2D eigenvalue weighted by Crippen LogP contribution is 2.28. The first kappa shape index (κ1) is 14.4. The van der Waals surface area contributed by atoms with Gasteiger partial charge in [0.05, 0.1) is 20.1 Å². The summed E-state index contributed by atoms with van der Waals surface area (Å²) in [7, 11) is 1.52. The number of Topliss-reactive ketones (excluding diaryl/α,β-unsaturated/α-hetero) is 1. The van der Waals surface area contributed by atoms with Crippen molar-refractivity contribution in [2.24, 2.45) is 0 Å². The zero-order valence-corrected chi connectivity index (χ0v) is 11.8. The van der Waals surface area contributed by atoms with Crippen LogP contribution in [0, 0.1) is 0 Å². The molecule has 1 saturated carbocycles. The maximum Gasteiger partial charge on any atom is 0.223 e. The van der Waals surface area contributed by atoms with Gasteiger partial charge in [0.1, 0.15) is 0 Å². The molecule has 5 heteroatoms. The quantitative estimate of drug-likeness (QED) is 0.774. The standard InChI is InChI=1S/C15H19NO4/c1-10(17)11-3-6-13(14(9-11)19-2)20-8-7-15(18)16-12-4-5-12/h3,6,9,12H,4-5,7-8H2,1-2H3,(H,16,18). The molecule has 1 aromatic rings. The van der Waals surface area contributed by atoms with Crippen LogP contribution in [0.15, 0.2) is 18.2 Å². The number of hydrogen-bond donors (Lipinski definition) is 1. The maximum atomic E-state index is 11.5. The maximum absolute atomic E-state index is 11.5. The van der Waals surface area contributed by atoms with Crippen molar-refractivity contribution in [3.8, 4) is 11.5 Å². The van der Waals surface area contributed by atoms with Gasteiger partial charge in [0.25, 0.3) is 0 Å². The van der Waals surface area contributed by atoms with Crippen LogP contribution in [0.2, 0.25) is 0 Å². The van der Waals surface area contributed by atoms with E-state index in [1.165, 1.54) is 14.0 Å². The molecule has 0 radical (unpaired) electrons. The summed E-state index contributed by atoms with van der Waals surface area (Å²) in [5, 5.41) is 2.90. The van der Waals surface area contributed by atoms with E-state index < -0.39 is 0 Å². The molecule has 1 aromatic carbocycles. The molecular formula is C15H19NO4. The van der Waals surface area contributed by atoms with E-state index >= 15 is 0 Å². The third kappa shape index (κ3) is 3.98. The predicted molar refractivity (Wildman–Crippen MR) is 74.3 cm³/mol. The van der Waals surface area contributed by atoms with E-state index in [0.29, 0.717) is 29.5 Å². The molecule has 1 aliphatic rings. The smallest absolute Gasteiger partial charge is 0.223 e. The van der Waals surface area contributed by atoms with Crippen molar-refractivity contribution in [1.29, 1.82) is 0 Å². The number of carbonyl (C=O) groups is 2. The Morgan fingerprint density at radius 3 is 2.65 bits per heavy atom. The molecule has 0 aromatic heterocycles.